The molecule has 152 valence electrons. The highest BCUT2D eigenvalue weighted by molar-refractivity contribution is 5.90. The van der Waals surface area contributed by atoms with E-state index in [0.29, 0.717) is 18.2 Å². The molecule has 0 amide bonds. The van der Waals surface area contributed by atoms with Gasteiger partial charge in [-0.05, 0) is 30.7 Å². The normalized spacial score (nSPS) is 14.4. The van der Waals surface area contributed by atoms with Crippen LogP contribution in [0.4, 0.5) is 21.8 Å². The lowest BCUT2D eigenvalue weighted by molar-refractivity contribution is 0.198. The van der Waals surface area contributed by atoms with Crippen LogP contribution < -0.4 is 15.1 Å². The summed E-state index contributed by atoms with van der Waals surface area (Å²) in [5.74, 6) is 1.38. The van der Waals surface area contributed by atoms with Crippen LogP contribution in [-0.4, -0.2) is 56.4 Å². The fourth-order valence-electron chi connectivity index (χ4n) is 3.62. The number of fused-ring (bicyclic) bond motifs is 1. The number of ether oxygens (including phenoxy) is 1. The summed E-state index contributed by atoms with van der Waals surface area (Å²) < 4.78 is 19.2. The average Bonchev–Trinajstić information content (AvgIpc) is 2.77. The van der Waals surface area contributed by atoms with Crippen LogP contribution in [0.1, 0.15) is 6.42 Å². The Kier molecular flexibility index (Phi) is 6.05. The van der Waals surface area contributed by atoms with Crippen molar-refractivity contribution < 1.29 is 9.13 Å². The molecule has 2 aromatic carbocycles. The van der Waals surface area contributed by atoms with Crippen LogP contribution in [0.2, 0.25) is 0 Å². The predicted octanol–water partition coefficient (Wildman–Crippen LogP) is 3.54. The molecule has 1 aliphatic rings. The number of anilines is 3. The maximum absolute atomic E-state index is 14.1. The minimum absolute atomic E-state index is 0.176. The summed E-state index contributed by atoms with van der Waals surface area (Å²) in [7, 11) is 1.71. The minimum atomic E-state index is -0.176. The molecule has 0 saturated carbocycles. The quantitative estimate of drug-likeness (QED) is 0.618. The standard InChI is InChI=1S/C22H26FN5O/c1-29-16-6-11-24-21-17-7-2-4-9-19(17)25-22(26-21)28-14-12-27(13-15-28)20-10-5-3-8-18(20)23/h2-5,7-10H,6,11-16H2,1H3,(H,24,25,26). The summed E-state index contributed by atoms with van der Waals surface area (Å²) in [5, 5.41) is 4.44. The van der Waals surface area contributed by atoms with E-state index in [1.807, 2.05) is 36.4 Å². The van der Waals surface area contributed by atoms with Gasteiger partial charge in [-0.3, -0.25) is 0 Å². The van der Waals surface area contributed by atoms with Crippen molar-refractivity contribution in [3.63, 3.8) is 0 Å². The van der Waals surface area contributed by atoms with Crippen molar-refractivity contribution in [1.82, 2.24) is 9.97 Å². The Morgan fingerprint density at radius 1 is 0.966 bits per heavy atom. The molecular formula is C22H26FN5O. The molecule has 1 aromatic heterocycles. The van der Waals surface area contributed by atoms with Gasteiger partial charge in [0.25, 0.3) is 0 Å². The predicted molar refractivity (Wildman–Crippen MR) is 115 cm³/mol. The van der Waals surface area contributed by atoms with Gasteiger partial charge in [0.15, 0.2) is 0 Å². The Balaban J connectivity index is 1.51. The zero-order chi connectivity index (χ0) is 20.1. The molecule has 29 heavy (non-hydrogen) atoms. The number of halogens is 1. The van der Waals surface area contributed by atoms with Crippen LogP contribution in [0.5, 0.6) is 0 Å². The maximum Gasteiger partial charge on any atom is 0.228 e. The lowest BCUT2D eigenvalue weighted by atomic mass is 10.2. The summed E-state index contributed by atoms with van der Waals surface area (Å²) in [6.45, 7) is 4.45. The van der Waals surface area contributed by atoms with Gasteiger partial charge < -0.3 is 19.9 Å². The first kappa shape index (κ1) is 19.4. The third kappa shape index (κ3) is 4.40. The monoisotopic (exact) mass is 395 g/mol. The van der Waals surface area contributed by atoms with E-state index in [9.17, 15) is 4.39 Å². The lowest BCUT2D eigenvalue weighted by Gasteiger charge is -2.36. The van der Waals surface area contributed by atoms with E-state index in [-0.39, 0.29) is 5.82 Å². The van der Waals surface area contributed by atoms with E-state index in [1.54, 1.807) is 13.2 Å². The number of hydrogen-bond donors (Lipinski definition) is 1. The third-order valence-electron chi connectivity index (χ3n) is 5.16. The Bertz CT molecular complexity index is 959. The van der Waals surface area contributed by atoms with Gasteiger partial charge in [0, 0.05) is 51.8 Å². The molecule has 0 atom stereocenters. The Morgan fingerprint density at radius 2 is 1.69 bits per heavy atom. The Labute approximate surface area is 170 Å². The SMILES string of the molecule is COCCCNc1nc(N2CCN(c3ccccc3F)CC2)nc2ccccc12. The highest BCUT2D eigenvalue weighted by Crippen LogP contribution is 2.25. The molecular weight excluding hydrogens is 369 g/mol. The van der Waals surface area contributed by atoms with Gasteiger partial charge in [-0.1, -0.05) is 24.3 Å². The summed E-state index contributed by atoms with van der Waals surface area (Å²) >= 11 is 0. The molecule has 1 fully saturated rings. The van der Waals surface area contributed by atoms with Crippen LogP contribution in [0, 0.1) is 5.82 Å². The largest absolute Gasteiger partial charge is 0.385 e. The number of hydrogen-bond acceptors (Lipinski definition) is 6. The molecule has 0 bridgehead atoms. The van der Waals surface area contributed by atoms with Gasteiger partial charge in [0.1, 0.15) is 11.6 Å². The van der Waals surface area contributed by atoms with Crippen molar-refractivity contribution >= 4 is 28.4 Å². The van der Waals surface area contributed by atoms with Crippen LogP contribution >= 0.6 is 0 Å². The van der Waals surface area contributed by atoms with Crippen LogP contribution in [0.15, 0.2) is 48.5 Å². The summed E-state index contributed by atoms with van der Waals surface area (Å²) in [5.41, 5.74) is 1.58. The number of aromatic nitrogens is 2. The minimum Gasteiger partial charge on any atom is -0.385 e. The summed E-state index contributed by atoms with van der Waals surface area (Å²) in [4.78, 5) is 13.8. The zero-order valence-electron chi connectivity index (χ0n) is 16.6. The van der Waals surface area contributed by atoms with Crippen LogP contribution in [0.3, 0.4) is 0 Å². The van der Waals surface area contributed by atoms with Crippen molar-refractivity contribution in [2.45, 2.75) is 6.42 Å². The molecule has 1 saturated heterocycles. The smallest absolute Gasteiger partial charge is 0.228 e. The van der Waals surface area contributed by atoms with Gasteiger partial charge in [0.05, 0.1) is 11.2 Å². The molecule has 2 heterocycles. The van der Waals surface area contributed by atoms with Gasteiger partial charge >= 0.3 is 0 Å². The van der Waals surface area contributed by atoms with Crippen LogP contribution in [-0.2, 0) is 4.74 Å². The molecule has 6 nitrogen and oxygen atoms in total. The summed E-state index contributed by atoms with van der Waals surface area (Å²) in [6, 6.07) is 15.0. The van der Waals surface area contributed by atoms with Crippen molar-refractivity contribution in [3.8, 4) is 0 Å². The van der Waals surface area contributed by atoms with Gasteiger partial charge in [-0.25, -0.2) is 9.37 Å². The van der Waals surface area contributed by atoms with Crippen molar-refractivity contribution in [3.05, 3.63) is 54.3 Å². The Hall–Kier alpha value is -2.93. The third-order valence-corrected chi connectivity index (χ3v) is 5.16. The van der Waals surface area contributed by atoms with E-state index < -0.39 is 0 Å². The number of rotatable bonds is 7. The van der Waals surface area contributed by atoms with E-state index in [0.717, 1.165) is 55.9 Å². The molecule has 4 rings (SSSR count). The van der Waals surface area contributed by atoms with E-state index >= 15 is 0 Å². The number of para-hydroxylation sites is 2. The first-order valence-electron chi connectivity index (χ1n) is 10.0. The van der Waals surface area contributed by atoms with Gasteiger partial charge in [-0.15, -0.1) is 0 Å². The number of methoxy groups -OCH3 is 1. The fourth-order valence-corrected chi connectivity index (χ4v) is 3.62. The number of benzene rings is 2. The zero-order valence-corrected chi connectivity index (χ0v) is 16.6. The number of nitrogens with one attached hydrogen (secondary N) is 1. The van der Waals surface area contributed by atoms with Gasteiger partial charge in [0.2, 0.25) is 5.95 Å². The van der Waals surface area contributed by atoms with Crippen molar-refractivity contribution in [1.29, 1.82) is 0 Å². The van der Waals surface area contributed by atoms with E-state index in [1.165, 1.54) is 6.07 Å². The fraction of sp³-hybridized carbons (Fsp3) is 0.364. The first-order valence-corrected chi connectivity index (χ1v) is 10.0. The highest BCUT2D eigenvalue weighted by atomic mass is 19.1. The second kappa shape index (κ2) is 9.05. The summed E-state index contributed by atoms with van der Waals surface area (Å²) in [6.07, 6.45) is 0.908. The molecule has 7 heteroatoms. The molecule has 0 unspecified atom stereocenters. The first-order chi connectivity index (χ1) is 14.3. The molecule has 0 aliphatic carbocycles. The molecule has 0 spiro atoms. The highest BCUT2D eigenvalue weighted by Gasteiger charge is 2.22. The number of nitrogens with zero attached hydrogens (tertiary/aromatic N) is 4. The lowest BCUT2D eigenvalue weighted by Crippen LogP contribution is -2.47. The molecule has 0 radical (unpaired) electrons. The van der Waals surface area contributed by atoms with E-state index in [4.69, 9.17) is 14.7 Å². The van der Waals surface area contributed by atoms with Crippen LogP contribution in [0.25, 0.3) is 10.9 Å². The molecule has 1 aliphatic heterocycles. The number of piperazine rings is 1. The topological polar surface area (TPSA) is 53.5 Å². The Morgan fingerprint density at radius 3 is 2.48 bits per heavy atom. The molecule has 1 N–H and O–H groups in total. The second-order valence-electron chi connectivity index (χ2n) is 7.09. The van der Waals surface area contributed by atoms with Crippen molar-refractivity contribution in [2.24, 2.45) is 0 Å². The molecule has 3 aromatic rings. The van der Waals surface area contributed by atoms with E-state index in [2.05, 4.69) is 15.1 Å². The second-order valence-corrected chi connectivity index (χ2v) is 7.09. The average molecular weight is 395 g/mol. The maximum atomic E-state index is 14.1. The van der Waals surface area contributed by atoms with Crippen molar-refractivity contribution in [2.75, 3.05) is 61.6 Å². The van der Waals surface area contributed by atoms with Gasteiger partial charge in [-0.2, -0.15) is 4.98 Å².